The van der Waals surface area contributed by atoms with Gasteiger partial charge in [-0.2, -0.15) is 0 Å². The molecule has 8 aromatic carbocycles. The van der Waals surface area contributed by atoms with Gasteiger partial charge >= 0.3 is 5.97 Å². The van der Waals surface area contributed by atoms with Gasteiger partial charge in [-0.1, -0.05) is 170 Å². The van der Waals surface area contributed by atoms with E-state index in [1.54, 1.807) is 42.9 Å². The third-order valence-electron chi connectivity index (χ3n) is 19.2. The molecule has 4 heterocycles. The maximum Gasteiger partial charge on any atom is 0.335 e. The lowest BCUT2D eigenvalue weighted by Gasteiger charge is -2.25. The number of benzene rings is 8. The minimum atomic E-state index is -1.02. The molecule has 114 heavy (non-hydrogen) atoms. The largest absolute Gasteiger partial charge is 0.478 e. The van der Waals surface area contributed by atoms with E-state index in [1.807, 2.05) is 93.1 Å². The summed E-state index contributed by atoms with van der Waals surface area (Å²) in [4.78, 5) is 48.4. The first-order valence-electron chi connectivity index (χ1n) is 38.6. The van der Waals surface area contributed by atoms with Crippen LogP contribution >= 0.6 is 43.5 Å². The van der Waals surface area contributed by atoms with Gasteiger partial charge in [-0.05, 0) is 197 Å². The number of nitrogens with zero attached hydrogens (tertiary/aromatic N) is 7. The number of fused-ring (bicyclic) bond motifs is 4. The predicted molar refractivity (Wildman–Crippen MR) is 467 cm³/mol. The van der Waals surface area contributed by atoms with Crippen molar-refractivity contribution in [3.63, 3.8) is 0 Å². The molecule has 0 fully saturated rings. The molecule has 12 aromatic rings. The molecule has 0 radical (unpaired) electrons. The number of aliphatic hydroxyl groups is 2. The zero-order valence-corrected chi connectivity index (χ0v) is 69.9. The number of nitrogens with two attached hydrogens (primary N) is 1. The van der Waals surface area contributed by atoms with E-state index >= 15 is 0 Å². The van der Waals surface area contributed by atoms with Crippen LogP contribution in [0.4, 0.5) is 35.0 Å². The van der Waals surface area contributed by atoms with Gasteiger partial charge in [-0.3, -0.25) is 4.79 Å². The topological polar surface area (TPSA) is 218 Å². The number of aromatic nitrogens is 4. The van der Waals surface area contributed by atoms with Crippen LogP contribution in [-0.2, 0) is 38.8 Å². The Bertz CT molecular complexity index is 5060. The van der Waals surface area contributed by atoms with Crippen LogP contribution in [-0.4, -0.2) is 125 Å². The molecule has 0 spiro atoms. The van der Waals surface area contributed by atoms with Crippen LogP contribution in [0.1, 0.15) is 129 Å². The summed E-state index contributed by atoms with van der Waals surface area (Å²) >= 11 is 12.8. The van der Waals surface area contributed by atoms with Gasteiger partial charge in [-0.25, -0.2) is 42.3 Å². The summed E-state index contributed by atoms with van der Waals surface area (Å²) in [6, 6.07) is 52.2. The van der Waals surface area contributed by atoms with E-state index in [-0.39, 0.29) is 26.7 Å². The van der Waals surface area contributed by atoms with E-state index in [0.29, 0.717) is 47.0 Å². The summed E-state index contributed by atoms with van der Waals surface area (Å²) in [6.07, 6.45) is 14.2. The van der Waals surface area contributed by atoms with Crippen LogP contribution < -0.4 is 36.4 Å². The summed E-state index contributed by atoms with van der Waals surface area (Å²) < 4.78 is 56.4. The lowest BCUT2D eigenvalue weighted by molar-refractivity contribution is 0.0696. The number of carboxylic acid groups (broad SMARTS) is 1. The molecule has 0 bridgehead atoms. The van der Waals surface area contributed by atoms with Crippen molar-refractivity contribution in [3.8, 4) is 0 Å². The van der Waals surface area contributed by atoms with Crippen molar-refractivity contribution >= 4 is 116 Å². The number of unbranched alkanes of at least 4 members (excludes halogenated alkanes) is 3. The predicted octanol–water partition coefficient (Wildman–Crippen LogP) is 19.7. The first-order valence-corrected chi connectivity index (χ1v) is 40.6. The number of halogens is 7. The van der Waals surface area contributed by atoms with Crippen LogP contribution in [0.5, 0.6) is 0 Å². The second kappa shape index (κ2) is 46.2. The maximum absolute atomic E-state index is 14.0. The maximum atomic E-state index is 14.0. The normalized spacial score (nSPS) is 12.1. The fourth-order valence-corrected chi connectivity index (χ4v) is 13.8. The molecule has 0 saturated heterocycles. The summed E-state index contributed by atoms with van der Waals surface area (Å²) in [6.45, 7) is 15.1. The molecule has 604 valence electrons. The highest BCUT2D eigenvalue weighted by molar-refractivity contribution is 9.10. The molecule has 0 aliphatic rings. The minimum absolute atomic E-state index is 0. The van der Waals surface area contributed by atoms with Gasteiger partial charge in [0.2, 0.25) is 0 Å². The van der Waals surface area contributed by atoms with E-state index in [2.05, 4.69) is 173 Å². The third-order valence-corrected chi connectivity index (χ3v) is 20.5. The van der Waals surface area contributed by atoms with E-state index in [4.69, 9.17) is 22.4 Å². The molecular weight excluding hydrogens is 1600 g/mol. The number of amides is 1. The molecule has 0 aliphatic heterocycles. The van der Waals surface area contributed by atoms with Crippen molar-refractivity contribution in [2.45, 2.75) is 136 Å². The van der Waals surface area contributed by atoms with E-state index in [1.165, 1.54) is 59.0 Å². The highest BCUT2D eigenvalue weighted by atomic mass is 79.9. The van der Waals surface area contributed by atoms with Crippen LogP contribution in [0.3, 0.4) is 0 Å². The van der Waals surface area contributed by atoms with Crippen molar-refractivity contribution in [1.82, 2.24) is 35.9 Å². The number of hydrogen-bond donors (Lipinski definition) is 7. The summed E-state index contributed by atoms with van der Waals surface area (Å²) in [5.41, 5.74) is 12.1. The van der Waals surface area contributed by atoms with Crippen LogP contribution in [0.25, 0.3) is 43.1 Å². The van der Waals surface area contributed by atoms with Gasteiger partial charge in [0, 0.05) is 147 Å². The molecule has 4 atom stereocenters. The smallest absolute Gasteiger partial charge is 0.335 e. The first kappa shape index (κ1) is 90.1. The fourth-order valence-electron chi connectivity index (χ4n) is 12.8. The number of nitrogens with one attached hydrogen (secondary N) is 3. The number of anilines is 3. The zero-order chi connectivity index (χ0) is 82.2. The van der Waals surface area contributed by atoms with E-state index in [0.717, 1.165) is 140 Å². The molecule has 12 rings (SSSR count). The number of pyridine rings is 4. The number of aryl methyl sites for hydroxylation is 2. The Morgan fingerprint density at radius 2 is 0.842 bits per heavy atom. The van der Waals surface area contributed by atoms with Crippen LogP contribution in [0.15, 0.2) is 216 Å². The Labute approximate surface area is 690 Å². The molecule has 4 aromatic heterocycles. The van der Waals surface area contributed by atoms with Gasteiger partial charge < -0.3 is 51.7 Å². The lowest BCUT2D eigenvalue weighted by atomic mass is 9.99. The van der Waals surface area contributed by atoms with Gasteiger partial charge in [0.05, 0.1) is 23.8 Å². The van der Waals surface area contributed by atoms with Crippen molar-refractivity contribution in [3.05, 3.63) is 289 Å². The van der Waals surface area contributed by atoms with E-state index < -0.39 is 53.5 Å². The van der Waals surface area contributed by atoms with Gasteiger partial charge in [0.1, 0.15) is 45.9 Å². The SMILES string of the molecule is CCCCN(C)c1nccc2ccc(Br)cc12.CCCCN(C)c1nccc2ccc(C(=O)N[C@@H](Cc3cc(F)cc(F)c3)[C@H](O)CNCc3cccc(CC)c3)cc12.CCCCN(C)c1nccc2ccc(C(=O)O)cc12.CCc1cccc(CNC[C@@H](O)[C@@H](N)Cc2cc(F)cc(F)c2)c1.Clc1nccc2ccc(Br)cc12.[2HH]. The average Bonchev–Trinajstić information content (AvgIpc) is 0.804. The number of aliphatic hydroxyl groups excluding tert-OH is 2. The second-order valence-electron chi connectivity index (χ2n) is 28.2. The standard InChI is InChI=1S/C34H40F2N4O2.C19H24F2N2O.C15H18N2O2.C14H17BrN2.C9H5BrClN.H2/c1-4-6-14-40(3)33-30-19-27(11-10-26(30)12-13-38-33)34(42)39-31(18-25-16-28(35)20-29(36)17-25)32(41)22-37-21-24-9-7-8-23(5-2)15-24;1-2-13-4-3-5-14(6-13)11-23-12-19(24)18(22)9-15-7-16(20)10-17(21)8-15;1-3-4-9-17(2)14-13-10-12(15(18)19)6-5-11(13)7-8-16-14;1-3-4-9-17(2)14-13-10-12(15)6-5-11(13)7-8-16-14;10-7-2-1-6-3-4-12-9(11)8(6)5-7;/h7-13,15-17,19-20,31-32,37,41H,4-6,14,18,21-22H2,1-3H3,(H,39,42);3-8,10,18-19,23-24H,2,9,11-12,22H2,1H3;5-8,10H,3-4,9H2,1-2H3,(H,18,19);5-8,10H,3-4,9H2,1-2H3;1-5H;1H/t31-,32+;18-,19+;;;;/m00..../s1/i;;;;;1+1. The van der Waals surface area contributed by atoms with E-state index in [9.17, 15) is 37.4 Å². The molecule has 23 heteroatoms. The van der Waals surface area contributed by atoms with Crippen molar-refractivity contribution in [2.75, 3.05) is 68.6 Å². The Kier molecular flexibility index (Phi) is 36.5. The molecule has 8 N–H and O–H groups in total. The number of rotatable bonds is 31. The number of hydrogen-bond acceptors (Lipinski definition) is 14. The van der Waals surface area contributed by atoms with Gasteiger partial charge in [0.15, 0.2) is 0 Å². The number of carbonyl (C=O) groups is 2. The molecule has 0 unspecified atom stereocenters. The van der Waals surface area contributed by atoms with Crippen LogP contribution in [0.2, 0.25) is 5.15 Å². The minimum Gasteiger partial charge on any atom is -0.478 e. The monoisotopic (exact) mass is 1700 g/mol. The Balaban J connectivity index is 0.000000213. The Morgan fingerprint density at radius 3 is 1.28 bits per heavy atom. The lowest BCUT2D eigenvalue weighted by Crippen LogP contribution is -2.48. The van der Waals surface area contributed by atoms with Crippen molar-refractivity contribution in [1.29, 1.82) is 0 Å². The third kappa shape index (κ3) is 27.9. The highest BCUT2D eigenvalue weighted by Crippen LogP contribution is 2.30. The Hall–Kier alpha value is -9.49. The van der Waals surface area contributed by atoms with Crippen LogP contribution in [0, 0.1) is 23.3 Å². The molecule has 0 saturated carbocycles. The molecule has 1 amide bonds. The average molecular weight is 1710 g/mol. The summed E-state index contributed by atoms with van der Waals surface area (Å²) in [5, 5.41) is 48.5. The summed E-state index contributed by atoms with van der Waals surface area (Å²) in [7, 11) is 6.09. The fraction of sp³-hybridized carbons (Fsp3) is 0.319. The number of aromatic carboxylic acids is 1. The molecule has 0 aliphatic carbocycles. The second-order valence-corrected chi connectivity index (χ2v) is 30.4. The molecule has 16 nitrogen and oxygen atoms in total. The van der Waals surface area contributed by atoms with Gasteiger partial charge in [-0.15, -0.1) is 0 Å². The van der Waals surface area contributed by atoms with Crippen molar-refractivity contribution in [2.24, 2.45) is 5.73 Å². The zero-order valence-electron chi connectivity index (χ0n) is 66.0. The van der Waals surface area contributed by atoms with Gasteiger partial charge in [0.25, 0.3) is 5.91 Å². The first-order chi connectivity index (χ1) is 54.9. The molecular formula is C91H106Br2ClF4N11O5. The highest BCUT2D eigenvalue weighted by Gasteiger charge is 2.25. The summed E-state index contributed by atoms with van der Waals surface area (Å²) in [5.74, 6) is -1.29. The van der Waals surface area contributed by atoms with Crippen molar-refractivity contribution < 1.29 is 43.9 Å². The number of carboxylic acids is 1. The Morgan fingerprint density at radius 1 is 0.465 bits per heavy atom. The number of carbonyl (C=O) groups excluding carboxylic acids is 1. The quantitative estimate of drug-likeness (QED) is 0.0159.